The van der Waals surface area contributed by atoms with Crippen molar-refractivity contribution < 1.29 is 47.5 Å². The van der Waals surface area contributed by atoms with Crippen molar-refractivity contribution in [3.8, 4) is 0 Å². The Kier molecular flexibility index (Phi) is 30.0. The lowest BCUT2D eigenvalue weighted by atomic mass is 10.1. The second kappa shape index (κ2) is 31.7. The number of esters is 2. The molecule has 0 aromatic heterocycles. The number of carbonyl (C=O) groups excluding carboxylic acids is 2. The maximum atomic E-state index is 12.5. The third kappa shape index (κ3) is 30.8. The van der Waals surface area contributed by atoms with Crippen molar-refractivity contribution in [1.82, 2.24) is 0 Å². The SMILES string of the molecule is CCCCC/C=C/C/C=C/C/C=C/C/C=C/CCCC(=O)O[C@@H](COC(=O)CCCCCCCCC)COP(=O)(O)OC[C@H](N)C(=O)O. The van der Waals surface area contributed by atoms with Gasteiger partial charge in [-0.1, -0.05) is 114 Å². The van der Waals surface area contributed by atoms with Crippen LogP contribution in [0.3, 0.4) is 0 Å². The normalized spacial score (nSPS) is 14.6. The lowest BCUT2D eigenvalue weighted by Crippen LogP contribution is -2.34. The van der Waals surface area contributed by atoms with Crippen molar-refractivity contribution in [2.24, 2.45) is 5.73 Å². The number of allylic oxidation sites excluding steroid dienone is 8. The largest absolute Gasteiger partial charge is 0.480 e. The van der Waals surface area contributed by atoms with Crippen LogP contribution in [0.4, 0.5) is 0 Å². The van der Waals surface area contributed by atoms with Gasteiger partial charge in [0.15, 0.2) is 6.10 Å². The molecule has 0 aliphatic heterocycles. The van der Waals surface area contributed by atoms with Gasteiger partial charge in [-0.05, 0) is 51.4 Å². The number of phosphoric acid groups is 1. The van der Waals surface area contributed by atoms with Crippen LogP contribution in [0, 0.1) is 0 Å². The molecule has 4 N–H and O–H groups in total. The molecule has 0 amide bonds. The first-order chi connectivity index (χ1) is 23.1. The van der Waals surface area contributed by atoms with E-state index in [-0.39, 0.29) is 19.4 Å². The lowest BCUT2D eigenvalue weighted by Gasteiger charge is -2.20. The van der Waals surface area contributed by atoms with Crippen LogP contribution in [0.1, 0.15) is 129 Å². The molecule has 0 saturated heterocycles. The van der Waals surface area contributed by atoms with Crippen molar-refractivity contribution in [2.45, 2.75) is 142 Å². The summed E-state index contributed by atoms with van der Waals surface area (Å²) in [6.07, 6.45) is 32.2. The number of carboxylic acid groups (broad SMARTS) is 1. The molecule has 0 aliphatic carbocycles. The van der Waals surface area contributed by atoms with Gasteiger partial charge in [0.1, 0.15) is 12.6 Å². The minimum absolute atomic E-state index is 0.0846. The van der Waals surface area contributed by atoms with E-state index in [2.05, 4.69) is 54.8 Å². The topological polar surface area (TPSA) is 172 Å². The van der Waals surface area contributed by atoms with Gasteiger partial charge in [0.25, 0.3) is 0 Å². The Hall–Kier alpha value is -2.56. The van der Waals surface area contributed by atoms with Crippen molar-refractivity contribution in [3.63, 3.8) is 0 Å². The van der Waals surface area contributed by atoms with Crippen LogP contribution in [0.2, 0.25) is 0 Å². The number of hydrogen-bond donors (Lipinski definition) is 3. The smallest absolute Gasteiger partial charge is 0.472 e. The summed E-state index contributed by atoms with van der Waals surface area (Å²) in [6.45, 7) is 2.62. The quantitative estimate of drug-likeness (QED) is 0.0267. The number of nitrogens with two attached hydrogens (primary N) is 1. The molecule has 0 fully saturated rings. The Labute approximate surface area is 288 Å². The maximum absolute atomic E-state index is 12.5. The molecule has 0 rings (SSSR count). The molecule has 1 unspecified atom stereocenters. The van der Waals surface area contributed by atoms with Crippen LogP contribution in [0.25, 0.3) is 0 Å². The molecule has 0 saturated carbocycles. The fourth-order valence-corrected chi connectivity index (χ4v) is 5.01. The molecule has 3 atom stereocenters. The van der Waals surface area contributed by atoms with Crippen molar-refractivity contribution in [2.75, 3.05) is 19.8 Å². The molecule has 0 radical (unpaired) electrons. The van der Waals surface area contributed by atoms with Crippen LogP contribution < -0.4 is 5.73 Å². The molecule has 0 aromatic rings. The van der Waals surface area contributed by atoms with Crippen LogP contribution in [0.15, 0.2) is 48.6 Å². The monoisotopic (exact) mass is 699 g/mol. The Morgan fingerprint density at radius 1 is 0.646 bits per heavy atom. The van der Waals surface area contributed by atoms with Crippen LogP contribution in [-0.4, -0.2) is 59.9 Å². The predicted molar refractivity (Wildman–Crippen MR) is 189 cm³/mol. The number of rotatable bonds is 32. The van der Waals surface area contributed by atoms with E-state index in [1.165, 1.54) is 38.5 Å². The molecule has 48 heavy (non-hydrogen) atoms. The third-order valence-corrected chi connectivity index (χ3v) is 8.03. The molecule has 12 heteroatoms. The maximum Gasteiger partial charge on any atom is 0.472 e. The van der Waals surface area contributed by atoms with E-state index < -0.39 is 51.1 Å². The van der Waals surface area contributed by atoms with Crippen LogP contribution >= 0.6 is 7.82 Å². The summed E-state index contributed by atoms with van der Waals surface area (Å²) in [6, 6.07) is -1.53. The van der Waals surface area contributed by atoms with Crippen molar-refractivity contribution >= 4 is 25.7 Å². The number of unbranched alkanes of at least 4 members (excludes halogenated alkanes) is 10. The number of hydrogen-bond acceptors (Lipinski definition) is 9. The predicted octanol–water partition coefficient (Wildman–Crippen LogP) is 8.27. The van der Waals surface area contributed by atoms with Gasteiger partial charge >= 0.3 is 25.7 Å². The number of phosphoric ester groups is 1. The minimum Gasteiger partial charge on any atom is -0.480 e. The Bertz CT molecular complexity index is 1010. The average Bonchev–Trinajstić information content (AvgIpc) is 3.05. The molecule has 276 valence electrons. The van der Waals surface area contributed by atoms with E-state index in [1.807, 2.05) is 12.2 Å². The highest BCUT2D eigenvalue weighted by Crippen LogP contribution is 2.43. The van der Waals surface area contributed by atoms with Gasteiger partial charge in [0, 0.05) is 12.8 Å². The Morgan fingerprint density at radius 3 is 1.71 bits per heavy atom. The lowest BCUT2D eigenvalue weighted by molar-refractivity contribution is -0.161. The van der Waals surface area contributed by atoms with Gasteiger partial charge in [-0.25, -0.2) is 4.57 Å². The molecular formula is C36H62NO10P. The standard InChI is InChI=1S/C36H62NO10P/c1-3-5-7-9-11-12-13-14-15-16-17-18-19-20-22-24-26-28-35(39)47-32(30-45-48(42,43)46-31-33(37)36(40)41)29-44-34(38)27-25-23-21-10-8-6-4-2/h11-12,14-15,17-18,20,22,32-33H,3-10,13,16,19,21,23-31,37H2,1-2H3,(H,40,41)(H,42,43)/b12-11+,15-14+,18-17+,22-20+/t32-,33-/m0/s1. The fraction of sp³-hybridized carbons (Fsp3) is 0.694. The van der Waals surface area contributed by atoms with Crippen LogP contribution in [-0.2, 0) is 37.5 Å². The number of carboxylic acids is 1. The van der Waals surface area contributed by atoms with Gasteiger partial charge in [0.2, 0.25) is 0 Å². The third-order valence-electron chi connectivity index (χ3n) is 7.08. The first-order valence-electron chi connectivity index (χ1n) is 17.7. The summed E-state index contributed by atoms with van der Waals surface area (Å²) < 4.78 is 32.3. The van der Waals surface area contributed by atoms with Gasteiger partial charge in [0.05, 0.1) is 13.2 Å². The Morgan fingerprint density at radius 2 is 1.12 bits per heavy atom. The fourth-order valence-electron chi connectivity index (χ4n) is 4.23. The highest BCUT2D eigenvalue weighted by Gasteiger charge is 2.28. The summed E-state index contributed by atoms with van der Waals surface area (Å²) in [5, 5.41) is 8.82. The van der Waals surface area contributed by atoms with Gasteiger partial charge in [-0.2, -0.15) is 0 Å². The van der Waals surface area contributed by atoms with E-state index in [0.29, 0.717) is 19.3 Å². The number of ether oxygens (including phenoxy) is 2. The molecule has 0 heterocycles. The molecule has 11 nitrogen and oxygen atoms in total. The van der Waals surface area contributed by atoms with Gasteiger partial charge in [-0.3, -0.25) is 23.4 Å². The summed E-state index contributed by atoms with van der Waals surface area (Å²) in [7, 11) is -4.72. The van der Waals surface area contributed by atoms with Crippen molar-refractivity contribution in [1.29, 1.82) is 0 Å². The van der Waals surface area contributed by atoms with E-state index in [4.69, 9.17) is 24.8 Å². The molecule has 0 aromatic carbocycles. The average molecular weight is 700 g/mol. The molecule has 0 spiro atoms. The summed E-state index contributed by atoms with van der Waals surface area (Å²) in [5.41, 5.74) is 5.29. The molecular weight excluding hydrogens is 637 g/mol. The van der Waals surface area contributed by atoms with E-state index in [1.54, 1.807) is 0 Å². The second-order valence-corrected chi connectivity index (χ2v) is 13.1. The van der Waals surface area contributed by atoms with E-state index in [9.17, 15) is 23.8 Å². The highest BCUT2D eigenvalue weighted by molar-refractivity contribution is 7.47. The zero-order valence-corrected chi connectivity index (χ0v) is 30.2. The first-order valence-corrected chi connectivity index (χ1v) is 19.2. The first kappa shape index (κ1) is 45.4. The van der Waals surface area contributed by atoms with Gasteiger partial charge < -0.3 is 25.2 Å². The number of aliphatic carboxylic acids is 1. The summed E-state index contributed by atoms with van der Waals surface area (Å²) >= 11 is 0. The van der Waals surface area contributed by atoms with E-state index >= 15 is 0 Å². The van der Waals surface area contributed by atoms with Crippen LogP contribution in [0.5, 0.6) is 0 Å². The Balaban J connectivity index is 4.55. The number of carbonyl (C=O) groups is 3. The minimum atomic E-state index is -4.72. The van der Waals surface area contributed by atoms with Gasteiger partial charge in [-0.15, -0.1) is 0 Å². The summed E-state index contributed by atoms with van der Waals surface area (Å²) in [5.74, 6) is -2.47. The zero-order chi connectivity index (χ0) is 35.7. The van der Waals surface area contributed by atoms with Crippen molar-refractivity contribution in [3.05, 3.63) is 48.6 Å². The zero-order valence-electron chi connectivity index (χ0n) is 29.3. The van der Waals surface area contributed by atoms with E-state index in [0.717, 1.165) is 44.9 Å². The second-order valence-electron chi connectivity index (χ2n) is 11.7. The highest BCUT2D eigenvalue weighted by atomic mass is 31.2. The molecule has 0 aliphatic rings. The molecule has 0 bridgehead atoms. The summed E-state index contributed by atoms with van der Waals surface area (Å²) in [4.78, 5) is 45.4.